The van der Waals surface area contributed by atoms with Crippen molar-refractivity contribution in [2.75, 3.05) is 13.6 Å². The van der Waals surface area contributed by atoms with E-state index in [0.29, 0.717) is 23.2 Å². The predicted molar refractivity (Wildman–Crippen MR) is 99.3 cm³/mol. The van der Waals surface area contributed by atoms with E-state index < -0.39 is 11.6 Å². The van der Waals surface area contributed by atoms with Gasteiger partial charge < -0.3 is 9.64 Å². The fraction of sp³-hybridized carbons (Fsp3) is 0.611. The summed E-state index contributed by atoms with van der Waals surface area (Å²) in [6, 6.07) is 0. The van der Waals surface area contributed by atoms with Crippen LogP contribution in [0.5, 0.6) is 0 Å². The summed E-state index contributed by atoms with van der Waals surface area (Å²) < 4.78 is 6.94. The number of amides is 1. The first-order valence-corrected chi connectivity index (χ1v) is 8.66. The molecule has 140 valence electrons. The van der Waals surface area contributed by atoms with Gasteiger partial charge in [-0.15, -0.1) is 0 Å². The fourth-order valence-corrected chi connectivity index (χ4v) is 2.46. The summed E-state index contributed by atoms with van der Waals surface area (Å²) in [5.41, 5.74) is 0.887. The monoisotopic (exact) mass is 369 g/mol. The average molecular weight is 370 g/mol. The van der Waals surface area contributed by atoms with Crippen LogP contribution in [0.3, 0.4) is 0 Å². The molecule has 0 aliphatic rings. The minimum Gasteiger partial charge on any atom is -0.459 e. The van der Waals surface area contributed by atoms with E-state index in [4.69, 9.17) is 16.3 Å². The third kappa shape index (κ3) is 6.90. The molecule has 0 aromatic carbocycles. The molecule has 1 amide bonds. The summed E-state index contributed by atoms with van der Waals surface area (Å²) in [5, 5.41) is 4.90. The number of nitrogens with zero attached hydrogens (tertiary/aromatic N) is 3. The van der Waals surface area contributed by atoms with E-state index in [1.807, 2.05) is 6.92 Å². The van der Waals surface area contributed by atoms with Crippen LogP contribution in [0.25, 0.3) is 6.08 Å². The van der Waals surface area contributed by atoms with Crippen LogP contribution in [0.4, 0.5) is 0 Å². The van der Waals surface area contributed by atoms with E-state index in [9.17, 15) is 9.59 Å². The molecule has 0 atom stereocenters. The van der Waals surface area contributed by atoms with Crippen LogP contribution in [-0.4, -0.2) is 45.8 Å². The Hall–Kier alpha value is -1.82. The molecule has 0 saturated heterocycles. The predicted octanol–water partition coefficient (Wildman–Crippen LogP) is 3.31. The Bertz CT molecular complexity index is 657. The third-order valence-corrected chi connectivity index (χ3v) is 3.60. The normalized spacial score (nSPS) is 12.0. The summed E-state index contributed by atoms with van der Waals surface area (Å²) in [6.45, 7) is 12.0. The maximum absolute atomic E-state index is 12.2. The highest BCUT2D eigenvalue weighted by Gasteiger charge is 2.19. The van der Waals surface area contributed by atoms with Gasteiger partial charge in [0.25, 0.3) is 0 Å². The van der Waals surface area contributed by atoms with Crippen LogP contribution >= 0.6 is 11.6 Å². The number of likely N-dealkylation sites (N-methyl/N-ethyl adjacent to an activating group) is 1. The van der Waals surface area contributed by atoms with Gasteiger partial charge in [0.15, 0.2) is 0 Å². The van der Waals surface area contributed by atoms with Gasteiger partial charge in [-0.05, 0) is 39.7 Å². The smallest absolute Gasteiger partial charge is 0.326 e. The molecule has 0 spiro atoms. The van der Waals surface area contributed by atoms with Gasteiger partial charge in [0.05, 0.1) is 5.69 Å². The lowest BCUT2D eigenvalue weighted by atomic mass is 10.2. The Morgan fingerprint density at radius 1 is 1.36 bits per heavy atom. The van der Waals surface area contributed by atoms with E-state index in [0.717, 1.165) is 5.69 Å². The number of hydrogen-bond donors (Lipinski definition) is 0. The first-order chi connectivity index (χ1) is 11.4. The second kappa shape index (κ2) is 8.52. The summed E-state index contributed by atoms with van der Waals surface area (Å²) in [6.07, 6.45) is 3.02. The summed E-state index contributed by atoms with van der Waals surface area (Å²) in [5.74, 6) is -0.344. The van der Waals surface area contributed by atoms with Gasteiger partial charge in [0, 0.05) is 25.2 Å². The largest absolute Gasteiger partial charge is 0.459 e. The van der Waals surface area contributed by atoms with Crippen molar-refractivity contribution < 1.29 is 14.3 Å². The van der Waals surface area contributed by atoms with Gasteiger partial charge in [-0.1, -0.05) is 25.4 Å². The van der Waals surface area contributed by atoms with Gasteiger partial charge in [-0.25, -0.2) is 0 Å². The molecule has 1 rings (SSSR count). The molecular formula is C18H28ClN3O3. The number of rotatable bonds is 6. The Morgan fingerprint density at radius 2 is 1.96 bits per heavy atom. The maximum atomic E-state index is 12.2. The maximum Gasteiger partial charge on any atom is 0.326 e. The Labute approximate surface area is 154 Å². The van der Waals surface area contributed by atoms with Gasteiger partial charge >= 0.3 is 5.97 Å². The second-order valence-electron chi connectivity index (χ2n) is 7.48. The first kappa shape index (κ1) is 21.2. The average Bonchev–Trinajstić information content (AvgIpc) is 2.68. The van der Waals surface area contributed by atoms with Crippen LogP contribution in [-0.2, 0) is 20.9 Å². The molecule has 25 heavy (non-hydrogen) atoms. The number of ether oxygens (including phenoxy) is 1. The lowest BCUT2D eigenvalue weighted by Gasteiger charge is -2.22. The van der Waals surface area contributed by atoms with Crippen LogP contribution < -0.4 is 0 Å². The molecule has 7 heteroatoms. The molecule has 0 saturated carbocycles. The van der Waals surface area contributed by atoms with Crippen molar-refractivity contribution in [3.63, 3.8) is 0 Å². The summed E-state index contributed by atoms with van der Waals surface area (Å²) >= 11 is 6.34. The SMILES string of the molecule is Cc1nn(CC(C)C)c(Cl)c1/C=C/C(=O)N(C)CC(=O)OC(C)(C)C. The number of carbonyl (C=O) groups is 2. The zero-order valence-electron chi connectivity index (χ0n) is 16.1. The number of aromatic nitrogens is 2. The number of aryl methyl sites for hydroxylation is 1. The molecule has 0 N–H and O–H groups in total. The molecule has 0 bridgehead atoms. The van der Waals surface area contributed by atoms with Gasteiger partial charge in [-0.3, -0.25) is 14.3 Å². The molecular weight excluding hydrogens is 342 g/mol. The molecule has 1 aromatic heterocycles. The van der Waals surface area contributed by atoms with Crippen LogP contribution in [0, 0.1) is 12.8 Å². The topological polar surface area (TPSA) is 64.4 Å². The lowest BCUT2D eigenvalue weighted by molar-refractivity contribution is -0.157. The van der Waals surface area contributed by atoms with Crippen LogP contribution in [0.1, 0.15) is 45.9 Å². The zero-order chi connectivity index (χ0) is 19.4. The Balaban J connectivity index is 2.76. The highest BCUT2D eigenvalue weighted by Crippen LogP contribution is 2.22. The van der Waals surface area contributed by atoms with Gasteiger partial charge in [-0.2, -0.15) is 5.10 Å². The van der Waals surface area contributed by atoms with E-state index in [2.05, 4.69) is 18.9 Å². The van der Waals surface area contributed by atoms with Gasteiger partial charge in [0.2, 0.25) is 5.91 Å². The highest BCUT2D eigenvalue weighted by atomic mass is 35.5. The first-order valence-electron chi connectivity index (χ1n) is 8.28. The molecule has 0 fully saturated rings. The molecule has 0 radical (unpaired) electrons. The van der Waals surface area contributed by atoms with Crippen molar-refractivity contribution in [3.05, 3.63) is 22.5 Å². The minimum atomic E-state index is -0.577. The summed E-state index contributed by atoms with van der Waals surface area (Å²) in [4.78, 5) is 25.3. The van der Waals surface area contributed by atoms with E-state index >= 15 is 0 Å². The minimum absolute atomic E-state index is 0.111. The Morgan fingerprint density at radius 3 is 2.48 bits per heavy atom. The van der Waals surface area contributed by atoms with Crippen molar-refractivity contribution >= 4 is 29.6 Å². The van der Waals surface area contributed by atoms with E-state index in [-0.39, 0.29) is 12.5 Å². The number of esters is 1. The number of halogens is 1. The molecule has 1 heterocycles. The van der Waals surface area contributed by atoms with Crippen molar-refractivity contribution in [1.29, 1.82) is 0 Å². The third-order valence-electron chi connectivity index (χ3n) is 3.20. The summed E-state index contributed by atoms with van der Waals surface area (Å²) in [7, 11) is 1.55. The van der Waals surface area contributed by atoms with Crippen LogP contribution in [0.2, 0.25) is 5.15 Å². The second-order valence-corrected chi connectivity index (χ2v) is 7.84. The fourth-order valence-electron chi connectivity index (χ4n) is 2.15. The number of carbonyl (C=O) groups excluding carboxylic acids is 2. The molecule has 0 aliphatic heterocycles. The van der Waals surface area contributed by atoms with E-state index in [1.54, 1.807) is 38.6 Å². The lowest BCUT2D eigenvalue weighted by Crippen LogP contribution is -2.35. The van der Waals surface area contributed by atoms with Gasteiger partial charge in [0.1, 0.15) is 17.3 Å². The quantitative estimate of drug-likeness (QED) is 0.570. The van der Waals surface area contributed by atoms with E-state index in [1.165, 1.54) is 11.0 Å². The molecule has 6 nitrogen and oxygen atoms in total. The van der Waals surface area contributed by atoms with Crippen molar-refractivity contribution in [3.8, 4) is 0 Å². The number of hydrogen-bond acceptors (Lipinski definition) is 4. The highest BCUT2D eigenvalue weighted by molar-refractivity contribution is 6.31. The van der Waals surface area contributed by atoms with Crippen molar-refractivity contribution in [2.24, 2.45) is 5.92 Å². The van der Waals surface area contributed by atoms with Crippen LogP contribution in [0.15, 0.2) is 6.08 Å². The molecule has 0 aliphatic carbocycles. The zero-order valence-corrected chi connectivity index (χ0v) is 16.8. The Kier molecular flexibility index (Phi) is 7.23. The molecule has 1 aromatic rings. The van der Waals surface area contributed by atoms with Crippen molar-refractivity contribution in [2.45, 2.75) is 53.7 Å². The van der Waals surface area contributed by atoms with Crippen molar-refractivity contribution in [1.82, 2.24) is 14.7 Å². The molecule has 0 unspecified atom stereocenters. The standard InChI is InChI=1S/C18H28ClN3O3/c1-12(2)10-22-17(19)14(13(3)20-22)8-9-15(23)21(7)11-16(24)25-18(4,5)6/h8-9,12H,10-11H2,1-7H3/b9-8+.